The Bertz CT molecular complexity index is 1320. The number of aromatic nitrogens is 2. The van der Waals surface area contributed by atoms with E-state index in [1.165, 1.54) is 13.0 Å². The molecule has 2 saturated heterocycles. The van der Waals surface area contributed by atoms with Gasteiger partial charge in [-0.2, -0.15) is 18.3 Å². The van der Waals surface area contributed by atoms with Crippen LogP contribution in [0.15, 0.2) is 36.4 Å². The molecule has 7 nitrogen and oxygen atoms in total. The van der Waals surface area contributed by atoms with Gasteiger partial charge in [0.2, 0.25) is 5.91 Å². The molecule has 2 aliphatic rings. The fourth-order valence-corrected chi connectivity index (χ4v) is 5.11. The predicted molar refractivity (Wildman–Crippen MR) is 136 cm³/mol. The third kappa shape index (κ3) is 4.94. The quantitative estimate of drug-likeness (QED) is 0.532. The zero-order valence-corrected chi connectivity index (χ0v) is 21.1. The maximum Gasteiger partial charge on any atom is 0.416 e. The first-order valence-corrected chi connectivity index (χ1v) is 12.4. The molecule has 1 unspecified atom stereocenters. The zero-order chi connectivity index (χ0) is 26.3. The summed E-state index contributed by atoms with van der Waals surface area (Å²) < 4.78 is 45.5. The summed E-state index contributed by atoms with van der Waals surface area (Å²) in [5.41, 5.74) is 1.89. The summed E-state index contributed by atoms with van der Waals surface area (Å²) in [6, 6.07) is 9.91. The maximum absolute atomic E-state index is 13.4. The van der Waals surface area contributed by atoms with Crippen LogP contribution in [0, 0.1) is 19.8 Å². The van der Waals surface area contributed by atoms with Crippen molar-refractivity contribution in [2.75, 3.05) is 49.6 Å². The van der Waals surface area contributed by atoms with Crippen LogP contribution in [-0.2, 0) is 15.7 Å². The molecule has 0 saturated carbocycles. The second-order valence-electron chi connectivity index (χ2n) is 9.79. The molecule has 10 heteroatoms. The molecule has 1 N–H and O–H groups in total. The summed E-state index contributed by atoms with van der Waals surface area (Å²) in [6.07, 6.45) is -4.41. The molecule has 2 fully saturated rings. The number of fused-ring (bicyclic) bond motifs is 1. The van der Waals surface area contributed by atoms with E-state index in [2.05, 4.69) is 20.4 Å². The van der Waals surface area contributed by atoms with Gasteiger partial charge in [0.1, 0.15) is 0 Å². The summed E-state index contributed by atoms with van der Waals surface area (Å²) in [5, 5.41) is 13.7. The highest BCUT2D eigenvalue weighted by molar-refractivity contribution is 5.95. The van der Waals surface area contributed by atoms with Gasteiger partial charge >= 0.3 is 6.18 Å². The molecule has 0 radical (unpaired) electrons. The number of amides is 1. The molecular formula is C27H30F3N5O2. The number of ether oxygens (including phenoxy) is 1. The van der Waals surface area contributed by atoms with E-state index in [-0.39, 0.29) is 17.4 Å². The number of anilines is 2. The standard InChI is InChI=1S/C27H30F3N5O2/c1-16-21(5-4-6-24(16)27(28,29)30)17(2)31-25-23-13-20(7-8-22(23)18(3)32-33-25)34-9-11-35(12-10-34)26(36)19-14-37-15-19/h4-8,13,17,19H,9-12,14-15H2,1-3H3,(H,31,33). The third-order valence-corrected chi connectivity index (χ3v) is 7.39. The van der Waals surface area contributed by atoms with Gasteiger partial charge in [0.15, 0.2) is 5.82 Å². The van der Waals surface area contributed by atoms with Gasteiger partial charge in [0.05, 0.1) is 36.4 Å². The summed E-state index contributed by atoms with van der Waals surface area (Å²) in [6.45, 7) is 8.95. The van der Waals surface area contributed by atoms with Crippen LogP contribution in [0.2, 0.25) is 0 Å². The molecular weight excluding hydrogens is 483 g/mol. The number of aryl methyl sites for hydroxylation is 1. The minimum absolute atomic E-state index is 0.00940. The minimum atomic E-state index is -4.41. The van der Waals surface area contributed by atoms with Crippen molar-refractivity contribution in [3.63, 3.8) is 0 Å². The van der Waals surface area contributed by atoms with Gasteiger partial charge < -0.3 is 19.9 Å². The van der Waals surface area contributed by atoms with Crippen molar-refractivity contribution in [2.45, 2.75) is 33.0 Å². The molecule has 2 aromatic carbocycles. The molecule has 1 aromatic heterocycles. The molecule has 1 amide bonds. The summed E-state index contributed by atoms with van der Waals surface area (Å²) in [7, 11) is 0. The lowest BCUT2D eigenvalue weighted by molar-refractivity contribution is -0.150. The molecule has 3 heterocycles. The van der Waals surface area contributed by atoms with Crippen LogP contribution in [-0.4, -0.2) is 60.4 Å². The first kappa shape index (κ1) is 25.3. The zero-order valence-electron chi connectivity index (χ0n) is 21.1. The topological polar surface area (TPSA) is 70.6 Å². The van der Waals surface area contributed by atoms with Crippen LogP contribution in [0.4, 0.5) is 24.7 Å². The highest BCUT2D eigenvalue weighted by atomic mass is 19.4. The molecule has 1 atom stereocenters. The fourth-order valence-electron chi connectivity index (χ4n) is 5.11. The van der Waals surface area contributed by atoms with Crippen LogP contribution in [0.1, 0.15) is 35.3 Å². The van der Waals surface area contributed by atoms with Crippen LogP contribution in [0.3, 0.4) is 0 Å². The van der Waals surface area contributed by atoms with E-state index >= 15 is 0 Å². The van der Waals surface area contributed by atoms with Gasteiger partial charge in [0, 0.05) is 42.6 Å². The molecule has 0 spiro atoms. The lowest BCUT2D eigenvalue weighted by atomic mass is 9.97. The van der Waals surface area contributed by atoms with E-state index in [4.69, 9.17) is 4.74 Å². The number of nitrogens with one attached hydrogen (secondary N) is 1. The number of nitrogens with zero attached hydrogens (tertiary/aromatic N) is 4. The molecule has 0 bridgehead atoms. The van der Waals surface area contributed by atoms with Crippen LogP contribution in [0.25, 0.3) is 10.8 Å². The molecule has 0 aliphatic carbocycles. The number of alkyl halides is 3. The normalized spacial score (nSPS) is 17.6. The van der Waals surface area contributed by atoms with E-state index in [9.17, 15) is 18.0 Å². The number of benzene rings is 2. The molecule has 2 aliphatic heterocycles. The number of rotatable bonds is 5. The lowest BCUT2D eigenvalue weighted by Gasteiger charge is -2.39. The van der Waals surface area contributed by atoms with Gasteiger partial charge in [0.25, 0.3) is 0 Å². The number of piperazine rings is 1. The summed E-state index contributed by atoms with van der Waals surface area (Å²) >= 11 is 0. The highest BCUT2D eigenvalue weighted by Crippen LogP contribution is 2.36. The molecule has 196 valence electrons. The Morgan fingerprint density at radius 2 is 1.78 bits per heavy atom. The van der Waals surface area contributed by atoms with Crippen molar-refractivity contribution in [3.8, 4) is 0 Å². The number of halogens is 3. The van der Waals surface area contributed by atoms with Crippen LogP contribution >= 0.6 is 0 Å². The number of hydrogen-bond donors (Lipinski definition) is 1. The monoisotopic (exact) mass is 513 g/mol. The van der Waals surface area contributed by atoms with E-state index in [0.29, 0.717) is 50.8 Å². The van der Waals surface area contributed by atoms with E-state index < -0.39 is 17.8 Å². The smallest absolute Gasteiger partial charge is 0.380 e. The summed E-state index contributed by atoms with van der Waals surface area (Å²) in [4.78, 5) is 16.7. The van der Waals surface area contributed by atoms with Gasteiger partial charge in [-0.25, -0.2) is 0 Å². The first-order valence-electron chi connectivity index (χ1n) is 12.4. The third-order valence-electron chi connectivity index (χ3n) is 7.39. The Balaban J connectivity index is 1.38. The van der Waals surface area contributed by atoms with Crippen molar-refractivity contribution in [2.24, 2.45) is 5.92 Å². The van der Waals surface area contributed by atoms with Crippen LogP contribution < -0.4 is 10.2 Å². The second kappa shape index (κ2) is 9.81. The van der Waals surface area contributed by atoms with Gasteiger partial charge in [-0.1, -0.05) is 18.2 Å². The van der Waals surface area contributed by atoms with Crippen molar-refractivity contribution in [1.29, 1.82) is 0 Å². The van der Waals surface area contributed by atoms with Gasteiger partial charge in [-0.05, 0) is 50.1 Å². The molecule has 3 aromatic rings. The average Bonchev–Trinajstić information content (AvgIpc) is 2.84. The summed E-state index contributed by atoms with van der Waals surface area (Å²) in [5.74, 6) is 0.677. The van der Waals surface area contributed by atoms with Crippen molar-refractivity contribution < 1.29 is 22.7 Å². The Hall–Kier alpha value is -3.40. The van der Waals surface area contributed by atoms with E-state index in [1.807, 2.05) is 36.9 Å². The molecule has 37 heavy (non-hydrogen) atoms. The van der Waals surface area contributed by atoms with E-state index in [1.54, 1.807) is 6.07 Å². The second-order valence-corrected chi connectivity index (χ2v) is 9.79. The van der Waals surface area contributed by atoms with Crippen molar-refractivity contribution in [3.05, 3.63) is 58.8 Å². The first-order chi connectivity index (χ1) is 17.6. The van der Waals surface area contributed by atoms with E-state index in [0.717, 1.165) is 28.2 Å². The SMILES string of the molecule is Cc1c(C(C)Nc2nnc(C)c3ccc(N4CCN(C(=O)C5COC5)CC4)cc23)cccc1C(F)(F)F. The van der Waals surface area contributed by atoms with Crippen molar-refractivity contribution >= 4 is 28.2 Å². The maximum atomic E-state index is 13.4. The lowest BCUT2D eigenvalue weighted by Crippen LogP contribution is -2.53. The Morgan fingerprint density at radius 3 is 2.43 bits per heavy atom. The number of carbonyl (C=O) groups is 1. The Labute approximate surface area is 213 Å². The largest absolute Gasteiger partial charge is 0.416 e. The van der Waals surface area contributed by atoms with Gasteiger partial charge in [-0.3, -0.25) is 4.79 Å². The Kier molecular flexibility index (Phi) is 6.70. The average molecular weight is 514 g/mol. The number of carbonyl (C=O) groups excluding carboxylic acids is 1. The molecule has 5 rings (SSSR count). The van der Waals surface area contributed by atoms with Crippen molar-refractivity contribution in [1.82, 2.24) is 15.1 Å². The highest BCUT2D eigenvalue weighted by Gasteiger charge is 2.34. The van der Waals surface area contributed by atoms with Gasteiger partial charge in [-0.15, -0.1) is 5.10 Å². The van der Waals surface area contributed by atoms with Crippen LogP contribution in [0.5, 0.6) is 0 Å². The fraction of sp³-hybridized carbons (Fsp3) is 0.444. The minimum Gasteiger partial charge on any atom is -0.380 e. The predicted octanol–water partition coefficient (Wildman–Crippen LogP) is 4.73. The number of hydrogen-bond acceptors (Lipinski definition) is 6. The Morgan fingerprint density at radius 1 is 1.05 bits per heavy atom.